The number of carbonyl (C=O) groups excluding carboxylic acids is 1. The molecule has 0 amide bonds. The highest BCUT2D eigenvalue weighted by molar-refractivity contribution is 6.30. The molecule has 0 aliphatic rings. The molecule has 0 heterocycles. The summed E-state index contributed by atoms with van der Waals surface area (Å²) in [6, 6.07) is 6.96. The van der Waals surface area contributed by atoms with Crippen molar-refractivity contribution in [2.45, 2.75) is 6.92 Å². The van der Waals surface area contributed by atoms with E-state index in [-0.39, 0.29) is 0 Å². The molecule has 1 rings (SSSR count). The van der Waals surface area contributed by atoms with E-state index in [1.165, 1.54) is 0 Å². The molecule has 0 aliphatic carbocycles. The third kappa shape index (κ3) is 5.02. The van der Waals surface area contributed by atoms with Crippen molar-refractivity contribution in [1.29, 1.82) is 0 Å². The summed E-state index contributed by atoms with van der Waals surface area (Å²) < 4.78 is 5.58. The summed E-state index contributed by atoms with van der Waals surface area (Å²) >= 11 is 5.65. The lowest BCUT2D eigenvalue weighted by Gasteiger charge is -2.06. The van der Waals surface area contributed by atoms with Gasteiger partial charge in [-0.25, -0.2) is 0 Å². The van der Waals surface area contributed by atoms with Gasteiger partial charge < -0.3 is 4.74 Å². The number of hydrogen-bond acceptors (Lipinski definition) is 2. The van der Waals surface area contributed by atoms with Crippen molar-refractivity contribution in [3.8, 4) is 5.75 Å². The van der Waals surface area contributed by atoms with Crippen molar-refractivity contribution in [3.63, 3.8) is 0 Å². The van der Waals surface area contributed by atoms with Crippen LogP contribution in [0.1, 0.15) is 17.3 Å². The largest absolute Gasteiger partial charge is 0.489 e. The number of ether oxygens (including phenoxy) is 1. The molecule has 1 aromatic carbocycles. The van der Waals surface area contributed by atoms with E-state index in [0.29, 0.717) is 17.2 Å². The van der Waals surface area contributed by atoms with Crippen LogP contribution in [0.5, 0.6) is 5.75 Å². The van der Waals surface area contributed by atoms with Crippen LogP contribution in [0.15, 0.2) is 59.7 Å². The second-order valence-corrected chi connectivity index (χ2v) is 4.10. The third-order valence-electron chi connectivity index (χ3n) is 2.27. The molecule has 18 heavy (non-hydrogen) atoms. The Balaban J connectivity index is 2.57. The average molecular weight is 263 g/mol. The van der Waals surface area contributed by atoms with Crippen LogP contribution in [0.2, 0.25) is 0 Å². The van der Waals surface area contributed by atoms with E-state index in [1.54, 1.807) is 30.3 Å². The van der Waals surface area contributed by atoms with Gasteiger partial charge in [0.25, 0.3) is 0 Å². The molecule has 2 nitrogen and oxygen atoms in total. The van der Waals surface area contributed by atoms with Crippen molar-refractivity contribution in [2.75, 3.05) is 6.61 Å². The zero-order chi connectivity index (χ0) is 13.4. The Kier molecular flexibility index (Phi) is 5.95. The van der Waals surface area contributed by atoms with Crippen molar-refractivity contribution >= 4 is 17.9 Å². The first-order chi connectivity index (χ1) is 8.65. The number of allylic oxidation sites excluding steroid dienone is 3. The lowest BCUT2D eigenvalue weighted by atomic mass is 10.2. The number of halogens is 1. The second kappa shape index (κ2) is 7.51. The number of hydrogen-bond donors (Lipinski definition) is 0. The summed E-state index contributed by atoms with van der Waals surface area (Å²) in [5.41, 5.74) is 1.63. The van der Waals surface area contributed by atoms with Gasteiger partial charge in [0.15, 0.2) is 0 Å². The average Bonchev–Trinajstić information content (AvgIpc) is 2.39. The molecule has 0 saturated heterocycles. The summed E-state index contributed by atoms with van der Waals surface area (Å²) in [5.74, 6) is 0.720. The first-order valence-electron chi connectivity index (χ1n) is 5.51. The molecule has 0 atom stereocenters. The quantitative estimate of drug-likeness (QED) is 0.569. The molecule has 94 valence electrons. The van der Waals surface area contributed by atoms with Crippen LogP contribution >= 0.6 is 11.6 Å². The predicted molar refractivity (Wildman–Crippen MR) is 75.2 cm³/mol. The minimum atomic E-state index is 0.442. The fourth-order valence-corrected chi connectivity index (χ4v) is 1.30. The SMILES string of the molecule is C=C(Cl)/C=C\C(=C/C)COc1ccc(C=O)cc1. The summed E-state index contributed by atoms with van der Waals surface area (Å²) in [7, 11) is 0. The highest BCUT2D eigenvalue weighted by atomic mass is 35.5. The molecule has 3 heteroatoms. The van der Waals surface area contributed by atoms with Crippen LogP contribution in [0.25, 0.3) is 0 Å². The van der Waals surface area contributed by atoms with Crippen molar-refractivity contribution in [3.05, 3.63) is 65.2 Å². The summed E-state index contributed by atoms with van der Waals surface area (Å²) in [5, 5.41) is 0.477. The highest BCUT2D eigenvalue weighted by Crippen LogP contribution is 2.13. The van der Waals surface area contributed by atoms with Gasteiger partial charge in [-0.15, -0.1) is 0 Å². The number of rotatable bonds is 6. The monoisotopic (exact) mass is 262 g/mol. The molecule has 0 bridgehead atoms. The standard InChI is InChI=1S/C15H15ClO2/c1-3-13(5-4-12(2)16)11-18-15-8-6-14(10-17)7-9-15/h3-10H,2,11H2,1H3/b5-4-,13-3+. The third-order valence-corrected chi connectivity index (χ3v) is 2.40. The van der Waals surface area contributed by atoms with Gasteiger partial charge in [0, 0.05) is 10.6 Å². The lowest BCUT2D eigenvalue weighted by Crippen LogP contribution is -1.99. The van der Waals surface area contributed by atoms with Crippen LogP contribution in [-0.4, -0.2) is 12.9 Å². The maximum Gasteiger partial charge on any atom is 0.150 e. The van der Waals surface area contributed by atoms with Gasteiger partial charge in [0.05, 0.1) is 0 Å². The first-order valence-corrected chi connectivity index (χ1v) is 5.89. The molecule has 0 radical (unpaired) electrons. The molecule has 0 N–H and O–H groups in total. The van der Waals surface area contributed by atoms with Crippen LogP contribution < -0.4 is 4.74 Å². The molecule has 0 aromatic heterocycles. The molecular formula is C15H15ClO2. The highest BCUT2D eigenvalue weighted by Gasteiger charge is 1.96. The molecule has 0 unspecified atom stereocenters. The Hall–Kier alpha value is -1.80. The molecule has 0 fully saturated rings. The summed E-state index contributed by atoms with van der Waals surface area (Å²) in [4.78, 5) is 10.5. The van der Waals surface area contributed by atoms with Crippen LogP contribution in [0.3, 0.4) is 0 Å². The van der Waals surface area contributed by atoms with Crippen LogP contribution in [0, 0.1) is 0 Å². The van der Waals surface area contributed by atoms with Gasteiger partial charge in [-0.1, -0.05) is 30.3 Å². The Morgan fingerprint density at radius 1 is 1.33 bits per heavy atom. The van der Waals surface area contributed by atoms with Gasteiger partial charge in [-0.3, -0.25) is 4.79 Å². The van der Waals surface area contributed by atoms with Gasteiger partial charge in [0.2, 0.25) is 0 Å². The van der Waals surface area contributed by atoms with E-state index in [9.17, 15) is 4.79 Å². The normalized spacial score (nSPS) is 11.6. The van der Waals surface area contributed by atoms with Gasteiger partial charge in [-0.2, -0.15) is 0 Å². The van der Waals surface area contributed by atoms with Crippen LogP contribution in [0.4, 0.5) is 0 Å². The predicted octanol–water partition coefficient (Wildman–Crippen LogP) is 4.13. The van der Waals surface area contributed by atoms with E-state index in [0.717, 1.165) is 17.6 Å². The van der Waals surface area contributed by atoms with Crippen molar-refractivity contribution < 1.29 is 9.53 Å². The lowest BCUT2D eigenvalue weighted by molar-refractivity contribution is 0.112. The molecular weight excluding hydrogens is 248 g/mol. The summed E-state index contributed by atoms with van der Waals surface area (Å²) in [6.07, 6.45) is 6.32. The van der Waals surface area contributed by atoms with Gasteiger partial charge in [-0.05, 0) is 42.8 Å². The summed E-state index contributed by atoms with van der Waals surface area (Å²) in [6.45, 7) is 5.94. The minimum absolute atomic E-state index is 0.442. The maximum absolute atomic E-state index is 10.5. The van der Waals surface area contributed by atoms with E-state index in [4.69, 9.17) is 16.3 Å². The van der Waals surface area contributed by atoms with Gasteiger partial charge in [0.1, 0.15) is 18.6 Å². The van der Waals surface area contributed by atoms with Gasteiger partial charge >= 0.3 is 0 Å². The fraction of sp³-hybridized carbons (Fsp3) is 0.133. The van der Waals surface area contributed by atoms with Crippen molar-refractivity contribution in [1.82, 2.24) is 0 Å². The molecule has 0 saturated carbocycles. The Bertz CT molecular complexity index is 470. The van der Waals surface area contributed by atoms with Crippen LogP contribution in [-0.2, 0) is 0 Å². The molecule has 0 spiro atoms. The Labute approximate surface area is 112 Å². The maximum atomic E-state index is 10.5. The zero-order valence-corrected chi connectivity index (χ0v) is 11.0. The molecule has 1 aromatic rings. The zero-order valence-electron chi connectivity index (χ0n) is 10.2. The van der Waals surface area contributed by atoms with E-state index >= 15 is 0 Å². The first kappa shape index (κ1) is 14.3. The minimum Gasteiger partial charge on any atom is -0.489 e. The number of benzene rings is 1. The Morgan fingerprint density at radius 2 is 2.00 bits per heavy atom. The number of aldehydes is 1. The molecule has 0 aliphatic heterocycles. The number of carbonyl (C=O) groups is 1. The Morgan fingerprint density at radius 3 is 2.50 bits per heavy atom. The second-order valence-electron chi connectivity index (χ2n) is 3.62. The fourth-order valence-electron chi connectivity index (χ4n) is 1.23. The topological polar surface area (TPSA) is 26.3 Å². The van der Waals surface area contributed by atoms with E-state index in [1.807, 2.05) is 19.1 Å². The van der Waals surface area contributed by atoms with E-state index in [2.05, 4.69) is 6.58 Å². The van der Waals surface area contributed by atoms with Crippen molar-refractivity contribution in [2.24, 2.45) is 0 Å². The smallest absolute Gasteiger partial charge is 0.150 e. The van der Waals surface area contributed by atoms with E-state index < -0.39 is 0 Å².